The van der Waals surface area contributed by atoms with Crippen molar-refractivity contribution in [2.75, 3.05) is 0 Å². The van der Waals surface area contributed by atoms with Gasteiger partial charge < -0.3 is 4.74 Å². The van der Waals surface area contributed by atoms with Gasteiger partial charge in [0.05, 0.1) is 0 Å². The Morgan fingerprint density at radius 3 is 2.07 bits per heavy atom. The first-order chi connectivity index (χ1) is 14.3. The molecule has 0 aliphatic rings. The topological polar surface area (TPSA) is 26.3 Å². The van der Waals surface area contributed by atoms with Crippen LogP contribution in [0.15, 0.2) is 123 Å². The summed E-state index contributed by atoms with van der Waals surface area (Å²) in [5.74, 6) is 0.180. The van der Waals surface area contributed by atoms with Crippen LogP contribution in [0.5, 0.6) is 5.75 Å². The van der Waals surface area contributed by atoms with Crippen molar-refractivity contribution >= 4 is 34.3 Å². The highest BCUT2D eigenvalue weighted by Gasteiger charge is 2.13. The van der Waals surface area contributed by atoms with Gasteiger partial charge >= 0.3 is 5.97 Å². The van der Waals surface area contributed by atoms with E-state index in [-0.39, 0.29) is 5.97 Å². The van der Waals surface area contributed by atoms with Crippen LogP contribution >= 0.6 is 22.2 Å². The van der Waals surface area contributed by atoms with E-state index < -0.39 is 10.9 Å². The van der Waals surface area contributed by atoms with E-state index in [9.17, 15) is 4.79 Å². The molecule has 0 bridgehead atoms. The summed E-state index contributed by atoms with van der Waals surface area (Å²) in [6.07, 6.45) is 3.23. The summed E-state index contributed by atoms with van der Waals surface area (Å²) in [4.78, 5) is 15.9. The molecule has 0 saturated heterocycles. The van der Waals surface area contributed by atoms with Crippen molar-refractivity contribution in [1.82, 2.24) is 0 Å². The number of ether oxygens (including phenoxy) is 1. The molecule has 0 saturated carbocycles. The number of esters is 1. The Hall–Kier alpha value is -3.08. The zero-order valence-electron chi connectivity index (χ0n) is 15.6. The van der Waals surface area contributed by atoms with Crippen LogP contribution in [-0.2, 0) is 4.79 Å². The average molecular weight is 417 g/mol. The highest BCUT2D eigenvalue weighted by atomic mass is 32.2. The summed E-state index contributed by atoms with van der Waals surface area (Å²) in [5, 5.41) is 3.96. The Morgan fingerprint density at radius 2 is 1.45 bits per heavy atom. The monoisotopic (exact) mass is 416 g/mol. The molecule has 3 aromatic carbocycles. The standard InChI is InChI=1S/C25H20O2S2/c26-25(15-14-20-16-17-28-19-20)27-21-8-7-13-24(18-21)29(22-9-3-1-4-10-22)23-11-5-2-6-12-23/h1-19,29H/b15-14+. The molecule has 29 heavy (non-hydrogen) atoms. The predicted molar refractivity (Wildman–Crippen MR) is 122 cm³/mol. The summed E-state index contributed by atoms with van der Waals surface area (Å²) in [5.41, 5.74) is 0.998. The largest absolute Gasteiger partial charge is 0.423 e. The molecule has 4 rings (SSSR count). The van der Waals surface area contributed by atoms with E-state index >= 15 is 0 Å². The normalized spacial score (nSPS) is 11.4. The smallest absolute Gasteiger partial charge is 0.336 e. The lowest BCUT2D eigenvalue weighted by Gasteiger charge is -2.23. The third-order valence-electron chi connectivity index (χ3n) is 4.28. The summed E-state index contributed by atoms with van der Waals surface area (Å²) in [7, 11) is -0.733. The highest BCUT2D eigenvalue weighted by molar-refractivity contribution is 8.17. The van der Waals surface area contributed by atoms with E-state index in [1.807, 2.05) is 47.2 Å². The van der Waals surface area contributed by atoms with E-state index in [1.165, 1.54) is 15.9 Å². The third-order valence-corrected chi connectivity index (χ3v) is 7.40. The van der Waals surface area contributed by atoms with Crippen molar-refractivity contribution in [1.29, 1.82) is 0 Å². The Bertz CT molecular complexity index is 1050. The lowest BCUT2D eigenvalue weighted by molar-refractivity contribution is -0.128. The Kier molecular flexibility index (Phi) is 6.25. The maximum atomic E-state index is 12.2. The summed E-state index contributed by atoms with van der Waals surface area (Å²) in [6, 6.07) is 30.7. The van der Waals surface area contributed by atoms with E-state index in [2.05, 4.69) is 54.6 Å². The van der Waals surface area contributed by atoms with Crippen LogP contribution in [0.4, 0.5) is 0 Å². The number of thiophene rings is 1. The van der Waals surface area contributed by atoms with E-state index in [0.717, 1.165) is 10.5 Å². The zero-order chi connectivity index (χ0) is 19.9. The second-order valence-corrected chi connectivity index (χ2v) is 9.32. The number of hydrogen-bond donors (Lipinski definition) is 1. The number of hydrogen-bond acceptors (Lipinski definition) is 3. The fourth-order valence-electron chi connectivity index (χ4n) is 2.97. The minimum Gasteiger partial charge on any atom is -0.423 e. The van der Waals surface area contributed by atoms with Crippen LogP contribution in [0.25, 0.3) is 6.08 Å². The fourth-order valence-corrected chi connectivity index (χ4v) is 5.93. The van der Waals surface area contributed by atoms with Crippen molar-refractivity contribution in [3.63, 3.8) is 0 Å². The van der Waals surface area contributed by atoms with Gasteiger partial charge in [-0.2, -0.15) is 22.2 Å². The van der Waals surface area contributed by atoms with Crippen LogP contribution in [-0.4, -0.2) is 5.97 Å². The van der Waals surface area contributed by atoms with Crippen molar-refractivity contribution in [3.8, 4) is 5.75 Å². The quantitative estimate of drug-likeness (QED) is 0.161. The minimum absolute atomic E-state index is 0.378. The van der Waals surface area contributed by atoms with Crippen LogP contribution in [0.1, 0.15) is 5.56 Å². The van der Waals surface area contributed by atoms with Gasteiger partial charge in [-0.05, 0) is 85.6 Å². The molecule has 0 aliphatic carbocycles. The molecule has 0 amide bonds. The fraction of sp³-hybridized carbons (Fsp3) is 0. The maximum absolute atomic E-state index is 12.2. The molecule has 0 unspecified atom stereocenters. The average Bonchev–Trinajstić information content (AvgIpc) is 3.28. The molecule has 0 N–H and O–H groups in total. The molecule has 4 aromatic rings. The van der Waals surface area contributed by atoms with Crippen molar-refractivity contribution in [2.45, 2.75) is 14.7 Å². The Balaban J connectivity index is 1.61. The first-order valence-corrected chi connectivity index (χ1v) is 11.5. The molecule has 0 aliphatic heterocycles. The van der Waals surface area contributed by atoms with Gasteiger partial charge in [0.2, 0.25) is 0 Å². The van der Waals surface area contributed by atoms with Crippen molar-refractivity contribution in [3.05, 3.63) is 113 Å². The van der Waals surface area contributed by atoms with Gasteiger partial charge in [-0.3, -0.25) is 0 Å². The van der Waals surface area contributed by atoms with Crippen LogP contribution in [0.3, 0.4) is 0 Å². The lowest BCUT2D eigenvalue weighted by Crippen LogP contribution is -2.03. The van der Waals surface area contributed by atoms with Gasteiger partial charge in [0.15, 0.2) is 0 Å². The number of carbonyl (C=O) groups excluding carboxylic acids is 1. The summed E-state index contributed by atoms with van der Waals surface area (Å²) in [6.45, 7) is 0. The maximum Gasteiger partial charge on any atom is 0.336 e. The number of benzene rings is 3. The van der Waals surface area contributed by atoms with E-state index in [0.29, 0.717) is 5.75 Å². The molecule has 0 spiro atoms. The first kappa shape index (κ1) is 19.2. The van der Waals surface area contributed by atoms with Gasteiger partial charge in [-0.25, -0.2) is 4.79 Å². The van der Waals surface area contributed by atoms with Crippen molar-refractivity contribution < 1.29 is 9.53 Å². The molecule has 2 nitrogen and oxygen atoms in total. The summed E-state index contributed by atoms with van der Waals surface area (Å²) < 4.78 is 5.56. The third kappa shape index (κ3) is 5.05. The van der Waals surface area contributed by atoms with Gasteiger partial charge in [0.1, 0.15) is 5.75 Å². The van der Waals surface area contributed by atoms with E-state index in [1.54, 1.807) is 17.4 Å². The van der Waals surface area contributed by atoms with Gasteiger partial charge in [0.25, 0.3) is 0 Å². The van der Waals surface area contributed by atoms with Gasteiger partial charge in [-0.1, -0.05) is 42.5 Å². The van der Waals surface area contributed by atoms with Crippen molar-refractivity contribution in [2.24, 2.45) is 0 Å². The Labute approximate surface area is 177 Å². The second kappa shape index (κ2) is 9.41. The van der Waals surface area contributed by atoms with Gasteiger partial charge in [0, 0.05) is 6.08 Å². The van der Waals surface area contributed by atoms with Gasteiger partial charge in [-0.15, -0.1) is 0 Å². The lowest BCUT2D eigenvalue weighted by atomic mass is 10.3. The molecule has 1 heterocycles. The molecule has 0 atom stereocenters. The molecule has 4 heteroatoms. The Morgan fingerprint density at radius 1 is 0.793 bits per heavy atom. The van der Waals surface area contributed by atoms with Crippen LogP contribution in [0.2, 0.25) is 0 Å². The molecule has 0 fully saturated rings. The minimum atomic E-state index is -0.733. The zero-order valence-corrected chi connectivity index (χ0v) is 17.4. The highest BCUT2D eigenvalue weighted by Crippen LogP contribution is 2.51. The number of carbonyl (C=O) groups is 1. The van der Waals surface area contributed by atoms with Crippen LogP contribution in [0, 0.1) is 0 Å². The summed E-state index contributed by atoms with van der Waals surface area (Å²) >= 11 is 1.59. The second-order valence-electron chi connectivity index (χ2n) is 6.31. The molecular weight excluding hydrogens is 396 g/mol. The molecule has 1 aromatic heterocycles. The predicted octanol–water partition coefficient (Wildman–Crippen LogP) is 6.85. The molecular formula is C25H20O2S2. The number of rotatable bonds is 6. The van der Waals surface area contributed by atoms with Crippen LogP contribution < -0.4 is 4.74 Å². The number of thiol groups is 1. The molecule has 0 radical (unpaired) electrons. The SMILES string of the molecule is O=C(/C=C/c1ccsc1)Oc1cccc([SH](c2ccccc2)c2ccccc2)c1. The molecule has 144 valence electrons. The first-order valence-electron chi connectivity index (χ1n) is 9.22. The van der Waals surface area contributed by atoms with E-state index in [4.69, 9.17) is 4.74 Å².